The highest BCUT2D eigenvalue weighted by atomic mass is 15.5. The van der Waals surface area contributed by atoms with Gasteiger partial charge in [0.05, 0.1) is 38.6 Å². The molecule has 1 fully saturated rings. The van der Waals surface area contributed by atoms with E-state index in [0.717, 1.165) is 48.3 Å². The fraction of sp³-hybridized carbons (Fsp3) is 0.182. The molecule has 1 aliphatic heterocycles. The Hall–Kier alpha value is -3.54. The molecule has 0 aliphatic carbocycles. The minimum atomic E-state index is 0.865. The minimum absolute atomic E-state index is 0.865. The molecule has 0 amide bonds. The lowest BCUT2D eigenvalue weighted by Crippen LogP contribution is -2.41. The fourth-order valence-electron chi connectivity index (χ4n) is 3.61. The summed E-state index contributed by atoms with van der Waals surface area (Å²) in [5.74, 6) is 0. The van der Waals surface area contributed by atoms with Crippen LogP contribution in [0.2, 0.25) is 0 Å². The molecule has 2 aromatic carbocycles. The quantitative estimate of drug-likeness (QED) is 0.539. The number of para-hydroxylation sites is 2. The molecular formula is C22H22N6. The highest BCUT2D eigenvalue weighted by Crippen LogP contribution is 2.17. The molecule has 0 radical (unpaired) electrons. The van der Waals surface area contributed by atoms with Crippen LogP contribution >= 0.6 is 0 Å². The number of aromatic nitrogens is 2. The summed E-state index contributed by atoms with van der Waals surface area (Å²) in [4.78, 5) is 6.57. The highest BCUT2D eigenvalue weighted by molar-refractivity contribution is 5.99. The van der Waals surface area contributed by atoms with Gasteiger partial charge in [-0.3, -0.25) is 10.0 Å². The maximum absolute atomic E-state index is 4.67. The van der Waals surface area contributed by atoms with E-state index in [4.69, 9.17) is 0 Å². The Morgan fingerprint density at radius 2 is 1.07 bits per heavy atom. The van der Waals surface area contributed by atoms with Crippen molar-refractivity contribution in [2.45, 2.75) is 0 Å². The molecule has 0 saturated carbocycles. The number of benzene rings is 2. The SMILES string of the molecule is C(=N/N1CCN(/N=C/c2c[nH]c3ccccc23)CC1)/c1c[nH]c2ccccc12. The molecule has 4 aromatic rings. The van der Waals surface area contributed by atoms with Crippen molar-refractivity contribution in [2.75, 3.05) is 26.2 Å². The first-order valence-corrected chi connectivity index (χ1v) is 9.57. The second-order valence-electron chi connectivity index (χ2n) is 6.98. The number of hydrogen-bond acceptors (Lipinski definition) is 4. The Balaban J connectivity index is 1.20. The predicted octanol–water partition coefficient (Wildman–Crippen LogP) is 3.63. The van der Waals surface area contributed by atoms with Crippen LogP contribution < -0.4 is 0 Å². The van der Waals surface area contributed by atoms with E-state index in [1.165, 1.54) is 10.8 Å². The van der Waals surface area contributed by atoms with Crippen molar-refractivity contribution in [3.8, 4) is 0 Å². The smallest absolute Gasteiger partial charge is 0.0564 e. The van der Waals surface area contributed by atoms with Crippen molar-refractivity contribution in [1.29, 1.82) is 0 Å². The molecule has 0 atom stereocenters. The van der Waals surface area contributed by atoms with Gasteiger partial charge in [0.2, 0.25) is 0 Å². The molecular weight excluding hydrogens is 348 g/mol. The van der Waals surface area contributed by atoms with Gasteiger partial charge in [0, 0.05) is 45.3 Å². The molecule has 1 saturated heterocycles. The zero-order chi connectivity index (χ0) is 18.8. The summed E-state index contributed by atoms with van der Waals surface area (Å²) in [5, 5.41) is 16.0. The van der Waals surface area contributed by atoms with Gasteiger partial charge in [-0.05, 0) is 12.1 Å². The largest absolute Gasteiger partial charge is 0.361 e. The summed E-state index contributed by atoms with van der Waals surface area (Å²) in [6, 6.07) is 16.6. The predicted molar refractivity (Wildman–Crippen MR) is 115 cm³/mol. The van der Waals surface area contributed by atoms with Gasteiger partial charge >= 0.3 is 0 Å². The topological polar surface area (TPSA) is 62.8 Å². The molecule has 1 aliphatic rings. The molecule has 5 rings (SSSR count). The zero-order valence-electron chi connectivity index (χ0n) is 15.5. The van der Waals surface area contributed by atoms with Crippen molar-refractivity contribution in [1.82, 2.24) is 20.0 Å². The third-order valence-electron chi connectivity index (χ3n) is 5.20. The number of nitrogens with zero attached hydrogens (tertiary/aromatic N) is 4. The van der Waals surface area contributed by atoms with E-state index in [1.807, 2.05) is 37.0 Å². The number of H-pyrrole nitrogens is 2. The maximum atomic E-state index is 4.67. The number of rotatable bonds is 4. The first-order chi connectivity index (χ1) is 13.9. The molecule has 0 spiro atoms. The lowest BCUT2D eigenvalue weighted by molar-refractivity contribution is 0.141. The van der Waals surface area contributed by atoms with Gasteiger partial charge in [0.15, 0.2) is 0 Å². The summed E-state index contributed by atoms with van der Waals surface area (Å²) in [5.41, 5.74) is 4.52. The summed E-state index contributed by atoms with van der Waals surface area (Å²) >= 11 is 0. The summed E-state index contributed by atoms with van der Waals surface area (Å²) in [7, 11) is 0. The summed E-state index contributed by atoms with van der Waals surface area (Å²) in [6.45, 7) is 3.46. The zero-order valence-corrected chi connectivity index (χ0v) is 15.5. The molecule has 2 N–H and O–H groups in total. The second-order valence-corrected chi connectivity index (χ2v) is 6.98. The van der Waals surface area contributed by atoms with Crippen LogP contribution in [0.4, 0.5) is 0 Å². The van der Waals surface area contributed by atoms with Crippen LogP contribution in [0.5, 0.6) is 0 Å². The van der Waals surface area contributed by atoms with Crippen LogP contribution in [0.25, 0.3) is 21.8 Å². The Morgan fingerprint density at radius 1 is 0.643 bits per heavy atom. The second kappa shape index (κ2) is 7.23. The molecule has 3 heterocycles. The van der Waals surface area contributed by atoms with Gasteiger partial charge < -0.3 is 9.97 Å². The number of hydrazone groups is 2. The average molecular weight is 370 g/mol. The lowest BCUT2D eigenvalue weighted by Gasteiger charge is -2.31. The molecule has 140 valence electrons. The summed E-state index contributed by atoms with van der Waals surface area (Å²) < 4.78 is 0. The molecule has 6 heteroatoms. The first kappa shape index (κ1) is 16.6. The van der Waals surface area contributed by atoms with Gasteiger partial charge in [-0.2, -0.15) is 10.2 Å². The Bertz CT molecular complexity index is 1050. The highest BCUT2D eigenvalue weighted by Gasteiger charge is 2.13. The fourth-order valence-corrected chi connectivity index (χ4v) is 3.61. The number of fused-ring (bicyclic) bond motifs is 2. The normalized spacial score (nSPS) is 15.6. The third kappa shape index (κ3) is 3.24. The molecule has 2 aromatic heterocycles. The summed E-state index contributed by atoms with van der Waals surface area (Å²) in [6.07, 6.45) is 7.92. The van der Waals surface area contributed by atoms with E-state index in [9.17, 15) is 0 Å². The van der Waals surface area contributed by atoms with Gasteiger partial charge in [-0.15, -0.1) is 0 Å². The van der Waals surface area contributed by atoms with Crippen LogP contribution in [0.15, 0.2) is 71.1 Å². The first-order valence-electron chi connectivity index (χ1n) is 9.57. The number of nitrogens with one attached hydrogen (secondary N) is 2. The van der Waals surface area contributed by atoms with E-state index in [-0.39, 0.29) is 0 Å². The van der Waals surface area contributed by atoms with Crippen molar-refractivity contribution in [3.63, 3.8) is 0 Å². The Kier molecular flexibility index (Phi) is 4.29. The van der Waals surface area contributed by atoms with E-state index < -0.39 is 0 Å². The van der Waals surface area contributed by atoms with Crippen LogP contribution in [-0.4, -0.2) is 58.6 Å². The lowest BCUT2D eigenvalue weighted by atomic mass is 10.2. The van der Waals surface area contributed by atoms with E-state index in [2.05, 4.69) is 66.6 Å². The van der Waals surface area contributed by atoms with Crippen molar-refractivity contribution >= 4 is 34.2 Å². The number of hydrogen-bond donors (Lipinski definition) is 2. The van der Waals surface area contributed by atoms with Gasteiger partial charge in [0.1, 0.15) is 0 Å². The van der Waals surface area contributed by atoms with Gasteiger partial charge in [-0.25, -0.2) is 0 Å². The molecule has 28 heavy (non-hydrogen) atoms. The van der Waals surface area contributed by atoms with E-state index in [1.54, 1.807) is 0 Å². The van der Waals surface area contributed by atoms with Crippen LogP contribution in [-0.2, 0) is 0 Å². The third-order valence-corrected chi connectivity index (χ3v) is 5.20. The minimum Gasteiger partial charge on any atom is -0.361 e. The van der Waals surface area contributed by atoms with Gasteiger partial charge in [0.25, 0.3) is 0 Å². The molecule has 0 unspecified atom stereocenters. The average Bonchev–Trinajstić information content (AvgIpc) is 3.36. The molecule has 6 nitrogen and oxygen atoms in total. The Labute approximate surface area is 163 Å². The van der Waals surface area contributed by atoms with Crippen LogP contribution in [0.3, 0.4) is 0 Å². The van der Waals surface area contributed by atoms with Crippen LogP contribution in [0, 0.1) is 0 Å². The molecule has 0 bridgehead atoms. The van der Waals surface area contributed by atoms with Crippen molar-refractivity contribution in [3.05, 3.63) is 72.1 Å². The van der Waals surface area contributed by atoms with Crippen LogP contribution in [0.1, 0.15) is 11.1 Å². The van der Waals surface area contributed by atoms with Crippen molar-refractivity contribution in [2.24, 2.45) is 10.2 Å². The number of aromatic amines is 2. The monoisotopic (exact) mass is 370 g/mol. The van der Waals surface area contributed by atoms with Gasteiger partial charge in [-0.1, -0.05) is 36.4 Å². The van der Waals surface area contributed by atoms with E-state index >= 15 is 0 Å². The number of piperazine rings is 1. The van der Waals surface area contributed by atoms with E-state index in [0.29, 0.717) is 0 Å². The maximum Gasteiger partial charge on any atom is 0.0564 e. The standard InChI is InChI=1S/C22H22N6/c1-3-7-21-19(5-1)17(13-23-21)15-25-27-9-11-28(12-10-27)26-16-18-14-24-22-8-4-2-6-20(18)22/h1-8,13-16,23-24H,9-12H2/b25-15-,26-16+. The van der Waals surface area contributed by atoms with Crippen molar-refractivity contribution < 1.29 is 0 Å². The Morgan fingerprint density at radius 3 is 1.54 bits per heavy atom.